The van der Waals surface area contributed by atoms with Gasteiger partial charge in [-0.15, -0.1) is 0 Å². The molecule has 4 rings (SSSR count). The number of pyridine rings is 1. The molecule has 6 nitrogen and oxygen atoms in total. The molecule has 0 saturated heterocycles. The monoisotopic (exact) mass is 414 g/mol. The van der Waals surface area contributed by atoms with Gasteiger partial charge in [0.25, 0.3) is 0 Å². The first-order valence-corrected chi connectivity index (χ1v) is 10.2. The minimum atomic E-state index is -0.528. The number of fused-ring (bicyclic) bond motifs is 1. The molecule has 0 radical (unpaired) electrons. The average molecular weight is 415 g/mol. The molecule has 2 N–H and O–H groups in total. The largest absolute Gasteiger partial charge is 0.417 e. The summed E-state index contributed by atoms with van der Waals surface area (Å²) in [5, 5.41) is 6.28. The van der Waals surface area contributed by atoms with Crippen LogP contribution in [0.5, 0.6) is 5.75 Å². The normalized spacial score (nSPS) is 11.4. The number of ether oxygens (including phenoxy) is 1. The Bertz CT molecular complexity index is 1200. The second-order valence-corrected chi connectivity index (χ2v) is 8.52. The molecular weight excluding hydrogens is 388 g/mol. The molecule has 158 valence electrons. The number of carbonyl (C=O) groups is 1. The van der Waals surface area contributed by atoms with Crippen LogP contribution < -0.4 is 15.4 Å². The highest BCUT2D eigenvalue weighted by molar-refractivity contribution is 5.86. The Kier molecular flexibility index (Phi) is 5.38. The molecule has 6 heteroatoms. The molecular formula is C25H26N4O2. The fourth-order valence-electron chi connectivity index (χ4n) is 3.24. The molecule has 0 saturated carbocycles. The van der Waals surface area contributed by atoms with Gasteiger partial charge in [0.15, 0.2) is 0 Å². The van der Waals surface area contributed by atoms with E-state index in [1.165, 1.54) is 0 Å². The zero-order chi connectivity index (χ0) is 22.0. The van der Waals surface area contributed by atoms with Crippen molar-refractivity contribution in [2.75, 3.05) is 10.6 Å². The van der Waals surface area contributed by atoms with Gasteiger partial charge >= 0.3 is 6.09 Å². The zero-order valence-electron chi connectivity index (χ0n) is 18.1. The zero-order valence-corrected chi connectivity index (χ0v) is 18.1. The lowest BCUT2D eigenvalue weighted by molar-refractivity contribution is 0.215. The number of rotatable bonds is 4. The van der Waals surface area contributed by atoms with Crippen molar-refractivity contribution in [1.29, 1.82) is 0 Å². The molecule has 0 aliphatic rings. The van der Waals surface area contributed by atoms with E-state index in [1.54, 1.807) is 12.1 Å². The van der Waals surface area contributed by atoms with Gasteiger partial charge in [-0.05, 0) is 76.2 Å². The minimum Gasteiger partial charge on any atom is -0.410 e. The van der Waals surface area contributed by atoms with Crippen LogP contribution in [0.25, 0.3) is 16.9 Å². The van der Waals surface area contributed by atoms with E-state index in [9.17, 15) is 4.79 Å². The highest BCUT2D eigenvalue weighted by Crippen LogP contribution is 2.31. The van der Waals surface area contributed by atoms with Gasteiger partial charge in [0, 0.05) is 23.0 Å². The summed E-state index contributed by atoms with van der Waals surface area (Å²) in [4.78, 5) is 17.0. The molecule has 31 heavy (non-hydrogen) atoms. The maximum atomic E-state index is 12.2. The molecule has 2 aromatic heterocycles. The lowest BCUT2D eigenvalue weighted by Crippen LogP contribution is -2.27. The first kappa shape index (κ1) is 20.5. The fraction of sp³-hybridized carbons (Fsp3) is 0.200. The van der Waals surface area contributed by atoms with Crippen LogP contribution in [0.2, 0.25) is 0 Å². The summed E-state index contributed by atoms with van der Waals surface area (Å²) in [5.74, 6) is 1.39. The molecule has 2 heterocycles. The van der Waals surface area contributed by atoms with E-state index in [0.717, 1.165) is 28.3 Å². The van der Waals surface area contributed by atoms with Crippen molar-refractivity contribution in [3.63, 3.8) is 0 Å². The van der Waals surface area contributed by atoms with E-state index in [1.807, 2.05) is 72.1 Å². The Balaban J connectivity index is 1.55. The van der Waals surface area contributed by atoms with Gasteiger partial charge in [0.2, 0.25) is 0 Å². The molecule has 0 bridgehead atoms. The SMILES string of the molecule is Cc1ccc(NC(=O)Oc2ccc(-c3nc4ccccn4c3NC(C)(C)C)cc2)cc1. The van der Waals surface area contributed by atoms with E-state index in [4.69, 9.17) is 9.72 Å². The van der Waals surface area contributed by atoms with Gasteiger partial charge in [-0.2, -0.15) is 0 Å². The predicted molar refractivity (Wildman–Crippen MR) is 125 cm³/mol. The van der Waals surface area contributed by atoms with Crippen LogP contribution >= 0.6 is 0 Å². The van der Waals surface area contributed by atoms with E-state index in [2.05, 4.69) is 31.4 Å². The Labute approximate surface area is 181 Å². The lowest BCUT2D eigenvalue weighted by atomic mass is 10.1. The van der Waals surface area contributed by atoms with Gasteiger partial charge in [0.1, 0.15) is 22.9 Å². The second-order valence-electron chi connectivity index (χ2n) is 8.52. The third-order valence-corrected chi connectivity index (χ3v) is 4.66. The second kappa shape index (κ2) is 8.14. The number of nitrogens with one attached hydrogen (secondary N) is 2. The van der Waals surface area contributed by atoms with Crippen LogP contribution in [0.3, 0.4) is 0 Å². The summed E-state index contributed by atoms with van der Waals surface area (Å²) < 4.78 is 7.46. The Hall–Kier alpha value is -3.80. The average Bonchev–Trinajstić information content (AvgIpc) is 3.07. The number of hydrogen-bond donors (Lipinski definition) is 2. The van der Waals surface area contributed by atoms with Crippen LogP contribution in [0.1, 0.15) is 26.3 Å². The van der Waals surface area contributed by atoms with Gasteiger partial charge in [0.05, 0.1) is 0 Å². The van der Waals surface area contributed by atoms with Gasteiger partial charge in [-0.25, -0.2) is 9.78 Å². The number of aryl methyl sites for hydroxylation is 1. The van der Waals surface area contributed by atoms with Crippen LogP contribution in [0, 0.1) is 6.92 Å². The minimum absolute atomic E-state index is 0.127. The maximum absolute atomic E-state index is 12.2. The van der Waals surface area contributed by atoms with Crippen LogP contribution in [0.4, 0.5) is 16.3 Å². The summed E-state index contributed by atoms with van der Waals surface area (Å²) in [7, 11) is 0. The Morgan fingerprint density at radius 2 is 1.68 bits per heavy atom. The third-order valence-electron chi connectivity index (χ3n) is 4.66. The van der Waals surface area contributed by atoms with Crippen molar-refractivity contribution in [2.45, 2.75) is 33.2 Å². The van der Waals surface area contributed by atoms with E-state index >= 15 is 0 Å². The Morgan fingerprint density at radius 3 is 2.35 bits per heavy atom. The summed E-state index contributed by atoms with van der Waals surface area (Å²) in [6, 6.07) is 20.8. The molecule has 1 amide bonds. The van der Waals surface area contributed by atoms with E-state index in [0.29, 0.717) is 11.4 Å². The van der Waals surface area contributed by atoms with E-state index in [-0.39, 0.29) is 5.54 Å². The molecule has 2 aromatic carbocycles. The van der Waals surface area contributed by atoms with Gasteiger partial charge in [-0.3, -0.25) is 9.72 Å². The standard InChI is InChI=1S/C25H26N4O2/c1-17-8-12-19(13-9-17)26-24(30)31-20-14-10-18(11-15-20)22-23(28-25(2,3)4)29-16-6-5-7-21(29)27-22/h5-16,28H,1-4H3,(H,26,30). The summed E-state index contributed by atoms with van der Waals surface area (Å²) >= 11 is 0. The number of amides is 1. The molecule has 0 unspecified atom stereocenters. The lowest BCUT2D eigenvalue weighted by Gasteiger charge is -2.22. The topological polar surface area (TPSA) is 67.7 Å². The van der Waals surface area contributed by atoms with Crippen molar-refractivity contribution < 1.29 is 9.53 Å². The molecule has 0 spiro atoms. The number of nitrogens with zero attached hydrogens (tertiary/aromatic N) is 2. The maximum Gasteiger partial charge on any atom is 0.417 e. The Morgan fingerprint density at radius 1 is 0.968 bits per heavy atom. The number of aromatic nitrogens is 2. The third kappa shape index (κ3) is 4.86. The molecule has 0 atom stereocenters. The van der Waals surface area contributed by atoms with Crippen LogP contribution in [-0.4, -0.2) is 21.0 Å². The first-order valence-electron chi connectivity index (χ1n) is 10.2. The van der Waals surface area contributed by atoms with Crippen molar-refractivity contribution >= 4 is 23.2 Å². The number of carbonyl (C=O) groups excluding carboxylic acids is 1. The van der Waals surface area contributed by atoms with Gasteiger partial charge in [-0.1, -0.05) is 23.8 Å². The summed E-state index contributed by atoms with van der Waals surface area (Å²) in [5.41, 5.74) is 4.33. The number of hydrogen-bond acceptors (Lipinski definition) is 4. The molecule has 0 aliphatic carbocycles. The van der Waals surface area contributed by atoms with Gasteiger partial charge < -0.3 is 10.1 Å². The van der Waals surface area contributed by atoms with Crippen molar-refractivity contribution in [3.8, 4) is 17.0 Å². The molecule has 0 aliphatic heterocycles. The van der Waals surface area contributed by atoms with Crippen LogP contribution in [0.15, 0.2) is 72.9 Å². The summed E-state index contributed by atoms with van der Waals surface area (Å²) in [6.07, 6.45) is 1.46. The van der Waals surface area contributed by atoms with Crippen LogP contribution in [-0.2, 0) is 0 Å². The quantitative estimate of drug-likeness (QED) is 0.421. The number of imidazole rings is 1. The molecule has 0 fully saturated rings. The van der Waals surface area contributed by atoms with Crippen molar-refractivity contribution in [1.82, 2.24) is 9.38 Å². The highest BCUT2D eigenvalue weighted by Gasteiger charge is 2.19. The van der Waals surface area contributed by atoms with Crippen molar-refractivity contribution in [3.05, 3.63) is 78.5 Å². The first-order chi connectivity index (χ1) is 14.8. The predicted octanol–water partition coefficient (Wildman–Crippen LogP) is 6.13. The fourth-order valence-corrected chi connectivity index (χ4v) is 3.24. The molecule has 4 aromatic rings. The highest BCUT2D eigenvalue weighted by atomic mass is 16.6. The van der Waals surface area contributed by atoms with Crippen molar-refractivity contribution in [2.24, 2.45) is 0 Å². The smallest absolute Gasteiger partial charge is 0.410 e. The van der Waals surface area contributed by atoms with E-state index < -0.39 is 6.09 Å². The number of anilines is 2. The summed E-state index contributed by atoms with van der Waals surface area (Å²) in [6.45, 7) is 8.34. The number of benzene rings is 2.